The van der Waals surface area contributed by atoms with E-state index in [1.165, 1.54) is 12.3 Å². The number of hydrogen-bond acceptors (Lipinski definition) is 2. The lowest BCUT2D eigenvalue weighted by Crippen LogP contribution is -2.02. The molecule has 86 valence electrons. The minimum absolute atomic E-state index is 0.118. The molecule has 0 bridgehead atoms. The fourth-order valence-corrected chi connectivity index (χ4v) is 1.45. The molecule has 0 amide bonds. The van der Waals surface area contributed by atoms with E-state index in [-0.39, 0.29) is 11.3 Å². The van der Waals surface area contributed by atoms with Crippen LogP contribution in [0.2, 0.25) is 0 Å². The molecule has 0 fully saturated rings. The fraction of sp³-hybridized carbons (Fsp3) is 0. The Morgan fingerprint density at radius 2 is 1.88 bits per heavy atom. The van der Waals surface area contributed by atoms with E-state index in [2.05, 4.69) is 4.98 Å². The van der Waals surface area contributed by atoms with Crippen molar-refractivity contribution in [1.82, 2.24) is 4.98 Å². The highest BCUT2D eigenvalue weighted by Crippen LogP contribution is 2.25. The summed E-state index contributed by atoms with van der Waals surface area (Å²) >= 11 is 0. The molecule has 0 saturated carbocycles. The number of aromatic nitrogens is 1. The second-order valence-electron chi connectivity index (χ2n) is 3.27. The Morgan fingerprint density at radius 3 is 2.47 bits per heavy atom. The molecule has 2 aromatic rings. The second kappa shape index (κ2) is 4.37. The minimum atomic E-state index is -2.14. The van der Waals surface area contributed by atoms with Gasteiger partial charge in [0.15, 0.2) is 0 Å². The van der Waals surface area contributed by atoms with Crippen molar-refractivity contribution in [2.24, 2.45) is 0 Å². The van der Waals surface area contributed by atoms with E-state index >= 15 is 0 Å². The third-order valence-corrected chi connectivity index (χ3v) is 2.23. The Balaban J connectivity index is 2.66. The summed E-state index contributed by atoms with van der Waals surface area (Å²) < 4.78 is 39.3. The van der Waals surface area contributed by atoms with Gasteiger partial charge in [-0.1, -0.05) is 6.07 Å². The SMILES string of the molecule is O=C(F)c1c(F)ccc(-c2ccccn2)c1F. The first-order valence-electron chi connectivity index (χ1n) is 4.70. The maximum absolute atomic E-state index is 13.7. The van der Waals surface area contributed by atoms with Crippen molar-refractivity contribution in [1.29, 1.82) is 0 Å². The van der Waals surface area contributed by atoms with Crippen molar-refractivity contribution in [2.45, 2.75) is 0 Å². The predicted molar refractivity (Wildman–Crippen MR) is 55.0 cm³/mol. The highest BCUT2D eigenvalue weighted by Gasteiger charge is 2.21. The van der Waals surface area contributed by atoms with Crippen LogP contribution in [0.15, 0.2) is 36.5 Å². The number of hydrogen-bond donors (Lipinski definition) is 0. The average Bonchev–Trinajstić information content (AvgIpc) is 2.30. The maximum Gasteiger partial charge on any atom is 0.338 e. The van der Waals surface area contributed by atoms with Crippen LogP contribution in [0.3, 0.4) is 0 Å². The van der Waals surface area contributed by atoms with Crippen LogP contribution in [-0.4, -0.2) is 11.0 Å². The second-order valence-corrected chi connectivity index (χ2v) is 3.27. The van der Waals surface area contributed by atoms with E-state index in [0.29, 0.717) is 0 Å². The van der Waals surface area contributed by atoms with Gasteiger partial charge in [-0.25, -0.2) is 8.78 Å². The molecule has 0 aliphatic carbocycles. The first kappa shape index (κ1) is 11.3. The summed E-state index contributed by atoms with van der Waals surface area (Å²) in [5.74, 6) is -2.47. The van der Waals surface area contributed by atoms with Crippen molar-refractivity contribution >= 4 is 6.04 Å². The van der Waals surface area contributed by atoms with Gasteiger partial charge < -0.3 is 0 Å². The van der Waals surface area contributed by atoms with Gasteiger partial charge in [-0.2, -0.15) is 4.39 Å². The molecule has 1 heterocycles. The van der Waals surface area contributed by atoms with Crippen molar-refractivity contribution in [2.75, 3.05) is 0 Å². The lowest BCUT2D eigenvalue weighted by molar-refractivity contribution is 0.0826. The molecule has 2 nitrogen and oxygen atoms in total. The van der Waals surface area contributed by atoms with Gasteiger partial charge >= 0.3 is 6.04 Å². The Labute approximate surface area is 94.7 Å². The molecular weight excluding hydrogens is 231 g/mol. The van der Waals surface area contributed by atoms with Crippen LogP contribution < -0.4 is 0 Å². The first-order valence-corrected chi connectivity index (χ1v) is 4.70. The molecule has 1 aromatic carbocycles. The van der Waals surface area contributed by atoms with Crippen LogP contribution in [0, 0.1) is 11.6 Å². The number of rotatable bonds is 2. The van der Waals surface area contributed by atoms with Gasteiger partial charge in [0.1, 0.15) is 17.2 Å². The normalized spacial score (nSPS) is 10.3. The van der Waals surface area contributed by atoms with E-state index < -0.39 is 23.2 Å². The Bertz CT molecular complexity index is 569. The van der Waals surface area contributed by atoms with Gasteiger partial charge in [-0.05, 0) is 24.3 Å². The van der Waals surface area contributed by atoms with Gasteiger partial charge in [-0.3, -0.25) is 9.78 Å². The third-order valence-electron chi connectivity index (χ3n) is 2.23. The highest BCUT2D eigenvalue weighted by atomic mass is 19.2. The number of benzene rings is 1. The summed E-state index contributed by atoms with van der Waals surface area (Å²) in [6.07, 6.45) is 1.41. The molecule has 0 aliphatic rings. The molecule has 0 radical (unpaired) electrons. The zero-order valence-corrected chi connectivity index (χ0v) is 8.45. The maximum atomic E-state index is 13.7. The molecule has 17 heavy (non-hydrogen) atoms. The highest BCUT2D eigenvalue weighted by molar-refractivity contribution is 5.90. The number of carbonyl (C=O) groups is 1. The Hall–Kier alpha value is -2.17. The van der Waals surface area contributed by atoms with Crippen LogP contribution in [-0.2, 0) is 0 Å². The van der Waals surface area contributed by atoms with Crippen molar-refractivity contribution in [3.63, 3.8) is 0 Å². The molecular formula is C12H6F3NO. The number of carbonyl (C=O) groups excluding carboxylic acids is 1. The molecule has 0 spiro atoms. The molecule has 2 rings (SSSR count). The number of pyridine rings is 1. The largest absolute Gasteiger partial charge is 0.338 e. The molecule has 1 aromatic heterocycles. The molecule has 0 saturated heterocycles. The summed E-state index contributed by atoms with van der Waals surface area (Å²) in [5, 5.41) is 0. The third kappa shape index (κ3) is 2.04. The number of nitrogens with zero attached hydrogens (tertiary/aromatic N) is 1. The predicted octanol–water partition coefficient (Wildman–Crippen LogP) is 3.14. The molecule has 0 N–H and O–H groups in total. The van der Waals surface area contributed by atoms with Crippen LogP contribution in [0.1, 0.15) is 10.4 Å². The van der Waals surface area contributed by atoms with Crippen LogP contribution >= 0.6 is 0 Å². The summed E-state index contributed by atoms with van der Waals surface area (Å²) in [4.78, 5) is 14.3. The summed E-state index contributed by atoms with van der Waals surface area (Å²) in [7, 11) is 0. The van der Waals surface area contributed by atoms with E-state index in [9.17, 15) is 18.0 Å². The Kier molecular flexibility index (Phi) is 2.91. The van der Waals surface area contributed by atoms with Crippen molar-refractivity contribution in [3.8, 4) is 11.3 Å². The summed E-state index contributed by atoms with van der Waals surface area (Å²) in [5.41, 5.74) is -1.10. The quantitative estimate of drug-likeness (QED) is 0.751. The molecule has 0 unspecified atom stereocenters. The van der Waals surface area contributed by atoms with Crippen molar-refractivity contribution in [3.05, 3.63) is 53.7 Å². The number of halogens is 3. The van der Waals surface area contributed by atoms with Gasteiger partial charge in [0.05, 0.1) is 5.69 Å². The topological polar surface area (TPSA) is 30.0 Å². The Morgan fingerprint density at radius 1 is 1.12 bits per heavy atom. The van der Waals surface area contributed by atoms with Gasteiger partial charge in [0.2, 0.25) is 0 Å². The van der Waals surface area contributed by atoms with Crippen LogP contribution in [0.4, 0.5) is 13.2 Å². The summed E-state index contributed by atoms with van der Waals surface area (Å²) in [6.45, 7) is 0. The monoisotopic (exact) mass is 237 g/mol. The first-order chi connectivity index (χ1) is 8.11. The van der Waals surface area contributed by atoms with Crippen LogP contribution in [0.25, 0.3) is 11.3 Å². The molecule has 0 atom stereocenters. The lowest BCUT2D eigenvalue weighted by Gasteiger charge is -2.05. The standard InChI is InChI=1S/C12H6F3NO/c13-8-5-4-7(9-3-1-2-6-16-9)11(14)10(8)12(15)17/h1-6H. The summed E-state index contributed by atoms with van der Waals surface area (Å²) in [6, 6.07) is 4.49. The van der Waals surface area contributed by atoms with E-state index in [1.54, 1.807) is 12.1 Å². The van der Waals surface area contributed by atoms with E-state index in [0.717, 1.165) is 12.1 Å². The van der Waals surface area contributed by atoms with Crippen molar-refractivity contribution < 1.29 is 18.0 Å². The average molecular weight is 237 g/mol. The van der Waals surface area contributed by atoms with Gasteiger partial charge in [-0.15, -0.1) is 0 Å². The molecule has 5 heteroatoms. The smallest absolute Gasteiger partial charge is 0.256 e. The van der Waals surface area contributed by atoms with E-state index in [1.807, 2.05) is 0 Å². The zero-order valence-electron chi connectivity index (χ0n) is 8.45. The van der Waals surface area contributed by atoms with Crippen LogP contribution in [0.5, 0.6) is 0 Å². The zero-order chi connectivity index (χ0) is 12.4. The van der Waals surface area contributed by atoms with E-state index in [4.69, 9.17) is 0 Å². The van der Waals surface area contributed by atoms with Gasteiger partial charge in [0, 0.05) is 11.8 Å². The molecule has 0 aliphatic heterocycles. The minimum Gasteiger partial charge on any atom is -0.256 e. The van der Waals surface area contributed by atoms with Gasteiger partial charge in [0.25, 0.3) is 0 Å². The lowest BCUT2D eigenvalue weighted by atomic mass is 10.1. The fourth-order valence-electron chi connectivity index (χ4n) is 1.45.